The van der Waals surface area contributed by atoms with Crippen LogP contribution in [0.3, 0.4) is 0 Å². The quantitative estimate of drug-likeness (QED) is 0.889. The Balaban J connectivity index is 2.28. The third-order valence-corrected chi connectivity index (χ3v) is 2.48. The summed E-state index contributed by atoms with van der Waals surface area (Å²) in [6, 6.07) is 2.01. The number of alkyl halides is 3. The predicted octanol–water partition coefficient (Wildman–Crippen LogP) is 3.61. The molecule has 0 saturated heterocycles. The molecule has 0 aliphatic carbocycles. The van der Waals surface area contributed by atoms with Crippen LogP contribution in [0.2, 0.25) is 0 Å². The Morgan fingerprint density at radius 2 is 2.09 bits per heavy atom. The molecule has 0 saturated carbocycles. The maximum atomic E-state index is 12.7. The number of H-pyrrole nitrogens is 1. The number of amides is 1. The van der Waals surface area contributed by atoms with E-state index in [0.29, 0.717) is 0 Å². The summed E-state index contributed by atoms with van der Waals surface area (Å²) in [7, 11) is 0. The number of nitrogens with one attached hydrogen (secondary N) is 2. The minimum atomic E-state index is -4.56. The van der Waals surface area contributed by atoms with Gasteiger partial charge in [0.2, 0.25) is 0 Å². The van der Waals surface area contributed by atoms with Crippen LogP contribution in [-0.2, 0) is 17.4 Å². The van der Waals surface area contributed by atoms with Crippen LogP contribution in [0.15, 0.2) is 18.3 Å². The molecule has 0 aromatic carbocycles. The molecule has 0 unspecified atom stereocenters. The van der Waals surface area contributed by atoms with Crippen LogP contribution in [0.1, 0.15) is 34.8 Å². The maximum absolute atomic E-state index is 12.7. The molecule has 0 spiro atoms. The smallest absolute Gasteiger partial charge is 0.431 e. The van der Waals surface area contributed by atoms with Crippen molar-refractivity contribution in [3.63, 3.8) is 0 Å². The number of carbonyl (C=O) groups is 1. The largest absolute Gasteiger partial charge is 0.444 e. The first kappa shape index (κ1) is 13.4. The summed E-state index contributed by atoms with van der Waals surface area (Å²) >= 11 is 0. The van der Waals surface area contributed by atoms with Gasteiger partial charge in [-0.15, -0.1) is 0 Å². The molecule has 120 valence electrons. The summed E-state index contributed by atoms with van der Waals surface area (Å²) in [5.74, 6) is 0. The fourth-order valence-corrected chi connectivity index (χ4v) is 1.66. The summed E-state index contributed by atoms with van der Waals surface area (Å²) in [4.78, 5) is 17.6. The summed E-state index contributed by atoms with van der Waals surface area (Å²) in [5.41, 5.74) is -1.93. The van der Waals surface area contributed by atoms with E-state index < -0.39 is 30.1 Å². The lowest BCUT2D eigenvalue weighted by Gasteiger charge is -2.19. The van der Waals surface area contributed by atoms with Gasteiger partial charge in [0.1, 0.15) is 16.9 Å². The van der Waals surface area contributed by atoms with E-state index in [1.54, 1.807) is 20.8 Å². The van der Waals surface area contributed by atoms with Crippen molar-refractivity contribution < 1.29 is 25.4 Å². The zero-order valence-electron chi connectivity index (χ0n) is 14.1. The summed E-state index contributed by atoms with van der Waals surface area (Å²) < 4.78 is 58.8. The van der Waals surface area contributed by atoms with Gasteiger partial charge in [-0.2, -0.15) is 13.2 Å². The van der Waals surface area contributed by atoms with Crippen LogP contribution in [0, 0.1) is 0 Å². The molecule has 0 fully saturated rings. The monoisotopic (exact) mass is 317 g/mol. The lowest BCUT2D eigenvalue weighted by atomic mass is 10.2. The fraction of sp³-hybridized carbons (Fsp3) is 0.429. The van der Waals surface area contributed by atoms with Gasteiger partial charge >= 0.3 is 12.3 Å². The SMILES string of the molecule is [2H]C([2H])(NC(=O)OC(C)(C)C)c1cnc2[nH]c(C(F)(F)F)cc2c1. The number of fused-ring (bicyclic) bond motifs is 1. The number of alkyl carbamates (subject to hydrolysis) is 1. The number of nitrogens with zero attached hydrogens (tertiary/aromatic N) is 1. The second-order valence-corrected chi connectivity index (χ2v) is 5.59. The van der Waals surface area contributed by atoms with Crippen molar-refractivity contribution in [1.29, 1.82) is 0 Å². The van der Waals surface area contributed by atoms with Crippen LogP contribution in [0.5, 0.6) is 0 Å². The van der Waals surface area contributed by atoms with Gasteiger partial charge in [-0.25, -0.2) is 9.78 Å². The van der Waals surface area contributed by atoms with Gasteiger partial charge in [-0.3, -0.25) is 0 Å². The molecule has 2 heterocycles. The fourth-order valence-electron chi connectivity index (χ4n) is 1.66. The molecule has 0 aliphatic heterocycles. The van der Waals surface area contributed by atoms with Gasteiger partial charge in [0.05, 0.1) is 2.74 Å². The summed E-state index contributed by atoms with van der Waals surface area (Å²) in [6.45, 7) is 2.50. The molecular weight excluding hydrogens is 299 g/mol. The van der Waals surface area contributed by atoms with Crippen molar-refractivity contribution in [2.75, 3.05) is 0 Å². The van der Waals surface area contributed by atoms with E-state index in [2.05, 4.69) is 9.97 Å². The average molecular weight is 317 g/mol. The Morgan fingerprint density at radius 1 is 1.41 bits per heavy atom. The predicted molar refractivity (Wildman–Crippen MR) is 74.2 cm³/mol. The van der Waals surface area contributed by atoms with Crippen molar-refractivity contribution >= 4 is 17.1 Å². The molecule has 2 rings (SSSR count). The van der Waals surface area contributed by atoms with Gasteiger partial charge in [0.25, 0.3) is 0 Å². The van der Waals surface area contributed by atoms with Gasteiger partial charge in [-0.05, 0) is 38.5 Å². The standard InChI is InChI=1S/C14H16F3N3O2/c1-13(2,3)22-12(21)19-7-8-4-9-5-10(14(15,16)17)20-11(9)18-6-8/h4-6H,7H2,1-3H3,(H,18,20)(H,19,21)/i7D2. The maximum Gasteiger partial charge on any atom is 0.431 e. The van der Waals surface area contributed by atoms with Crippen molar-refractivity contribution in [3.8, 4) is 0 Å². The number of aromatic nitrogens is 2. The lowest BCUT2D eigenvalue weighted by molar-refractivity contribution is -0.140. The molecule has 0 aliphatic rings. The Kier molecular flexibility index (Phi) is 3.36. The minimum absolute atomic E-state index is 0.0286. The van der Waals surface area contributed by atoms with E-state index in [1.807, 2.05) is 5.32 Å². The molecule has 5 nitrogen and oxygen atoms in total. The molecule has 0 radical (unpaired) electrons. The van der Waals surface area contributed by atoms with Crippen LogP contribution in [0.25, 0.3) is 11.0 Å². The number of halogens is 3. The Morgan fingerprint density at radius 3 is 2.68 bits per heavy atom. The van der Waals surface area contributed by atoms with Gasteiger partial charge < -0.3 is 15.0 Å². The molecule has 0 atom stereocenters. The summed E-state index contributed by atoms with van der Waals surface area (Å²) in [5, 5.41) is 2.11. The first-order valence-corrected chi connectivity index (χ1v) is 6.35. The van der Waals surface area contributed by atoms with Crippen molar-refractivity contribution in [2.24, 2.45) is 0 Å². The Hall–Kier alpha value is -2.25. The molecule has 2 N–H and O–H groups in total. The molecule has 2 aromatic heterocycles. The average Bonchev–Trinajstić information content (AvgIpc) is 2.77. The van der Waals surface area contributed by atoms with Crippen molar-refractivity contribution in [3.05, 3.63) is 29.6 Å². The van der Waals surface area contributed by atoms with E-state index >= 15 is 0 Å². The van der Waals surface area contributed by atoms with Crippen molar-refractivity contribution in [2.45, 2.75) is 39.0 Å². The normalized spacial score (nSPS) is 14.5. The highest BCUT2D eigenvalue weighted by Gasteiger charge is 2.32. The molecule has 22 heavy (non-hydrogen) atoms. The number of ether oxygens (including phenoxy) is 1. The van der Waals surface area contributed by atoms with Gasteiger partial charge in [0, 0.05) is 18.1 Å². The second-order valence-electron chi connectivity index (χ2n) is 5.59. The number of pyridine rings is 1. The number of carbonyl (C=O) groups excluding carboxylic acids is 1. The van der Waals surface area contributed by atoms with Crippen molar-refractivity contribution in [1.82, 2.24) is 15.3 Å². The zero-order chi connectivity index (χ0) is 18.3. The van der Waals surface area contributed by atoms with E-state index in [0.717, 1.165) is 12.3 Å². The highest BCUT2D eigenvalue weighted by Crippen LogP contribution is 2.30. The van der Waals surface area contributed by atoms with E-state index in [1.165, 1.54) is 6.07 Å². The molecule has 1 amide bonds. The van der Waals surface area contributed by atoms with Crippen LogP contribution in [-0.4, -0.2) is 21.7 Å². The number of hydrogen-bond acceptors (Lipinski definition) is 3. The molecular formula is C14H16F3N3O2. The van der Waals surface area contributed by atoms with Gasteiger partial charge in [0.15, 0.2) is 0 Å². The highest BCUT2D eigenvalue weighted by atomic mass is 19.4. The summed E-state index contributed by atoms with van der Waals surface area (Å²) in [6.07, 6.45) is -4.50. The minimum Gasteiger partial charge on any atom is -0.444 e. The molecule has 2 aromatic rings. The van der Waals surface area contributed by atoms with Crippen LogP contribution < -0.4 is 5.32 Å². The number of hydrogen-bond donors (Lipinski definition) is 2. The second kappa shape index (κ2) is 5.51. The van der Waals surface area contributed by atoms with E-state index in [-0.39, 0.29) is 16.6 Å². The lowest BCUT2D eigenvalue weighted by Crippen LogP contribution is -2.32. The first-order valence-electron chi connectivity index (χ1n) is 7.35. The Bertz CT molecular complexity index is 767. The number of aromatic amines is 1. The third kappa shape index (κ3) is 4.12. The highest BCUT2D eigenvalue weighted by molar-refractivity contribution is 5.77. The Labute approximate surface area is 127 Å². The first-order chi connectivity index (χ1) is 10.8. The molecule has 0 bridgehead atoms. The van der Waals surface area contributed by atoms with E-state index in [9.17, 15) is 18.0 Å². The zero-order valence-corrected chi connectivity index (χ0v) is 12.1. The van der Waals surface area contributed by atoms with Crippen LogP contribution in [0.4, 0.5) is 18.0 Å². The van der Waals surface area contributed by atoms with Crippen LogP contribution >= 0.6 is 0 Å². The van der Waals surface area contributed by atoms with Gasteiger partial charge in [-0.1, -0.05) is 0 Å². The third-order valence-electron chi connectivity index (χ3n) is 2.48. The topological polar surface area (TPSA) is 67.0 Å². The number of rotatable bonds is 2. The van der Waals surface area contributed by atoms with E-state index in [4.69, 9.17) is 7.48 Å². The molecule has 8 heteroatoms.